The third-order valence-electron chi connectivity index (χ3n) is 4.93. The molecule has 0 aliphatic rings. The first-order chi connectivity index (χ1) is 14.0. The molecule has 0 atom stereocenters. The molecule has 3 aromatic heterocycles. The van der Waals surface area contributed by atoms with E-state index in [2.05, 4.69) is 27.5 Å². The largest absolute Gasteiger partial charge is 0.360 e. The second kappa shape index (κ2) is 7.46. The maximum atomic E-state index is 12.9. The highest BCUT2D eigenvalue weighted by atomic mass is 16.5. The Bertz CT molecular complexity index is 1170. The number of tetrazole rings is 1. The van der Waals surface area contributed by atoms with Gasteiger partial charge in [-0.2, -0.15) is 4.80 Å². The standard InChI is InChI=1S/C21H22N6O2/c1-5-16-6-8-17(9-7-16)21-22-25-26(23-21)12-19(28)18-10-13(2)27(15(18)4)20-11-14(3)29-24-20/h6-11H,5,12H2,1-4H3. The second-order valence-electron chi connectivity index (χ2n) is 7.03. The molecule has 0 aliphatic heterocycles. The van der Waals surface area contributed by atoms with E-state index in [1.54, 1.807) is 0 Å². The van der Waals surface area contributed by atoms with Gasteiger partial charge in [-0.1, -0.05) is 36.3 Å². The Hall–Kier alpha value is -3.55. The van der Waals surface area contributed by atoms with Crippen molar-refractivity contribution >= 4 is 5.78 Å². The Kier molecular flexibility index (Phi) is 4.84. The lowest BCUT2D eigenvalue weighted by molar-refractivity contribution is 0.0961. The normalized spacial score (nSPS) is 11.2. The van der Waals surface area contributed by atoms with Gasteiger partial charge in [-0.3, -0.25) is 9.36 Å². The summed E-state index contributed by atoms with van der Waals surface area (Å²) in [5.74, 6) is 1.79. The van der Waals surface area contributed by atoms with E-state index in [0.29, 0.717) is 23.0 Å². The van der Waals surface area contributed by atoms with Gasteiger partial charge in [-0.05, 0) is 44.0 Å². The predicted octanol–water partition coefficient (Wildman–Crippen LogP) is 3.49. The molecule has 29 heavy (non-hydrogen) atoms. The minimum Gasteiger partial charge on any atom is -0.360 e. The number of ketones is 1. The molecule has 0 N–H and O–H groups in total. The predicted molar refractivity (Wildman–Crippen MR) is 107 cm³/mol. The second-order valence-corrected chi connectivity index (χ2v) is 7.03. The van der Waals surface area contributed by atoms with Crippen LogP contribution in [0.5, 0.6) is 0 Å². The number of carbonyl (C=O) groups excluding carboxylic acids is 1. The molecule has 8 heteroatoms. The third-order valence-corrected chi connectivity index (χ3v) is 4.93. The number of hydrogen-bond acceptors (Lipinski definition) is 6. The van der Waals surface area contributed by atoms with Gasteiger partial charge in [0.05, 0.1) is 0 Å². The first-order valence-corrected chi connectivity index (χ1v) is 9.49. The third kappa shape index (κ3) is 3.61. The number of hydrogen-bond donors (Lipinski definition) is 0. The fourth-order valence-electron chi connectivity index (χ4n) is 3.39. The van der Waals surface area contributed by atoms with Crippen molar-refractivity contribution in [1.82, 2.24) is 29.9 Å². The average molecular weight is 390 g/mol. The first-order valence-electron chi connectivity index (χ1n) is 9.49. The van der Waals surface area contributed by atoms with Crippen LogP contribution in [-0.2, 0) is 13.0 Å². The summed E-state index contributed by atoms with van der Waals surface area (Å²) in [7, 11) is 0. The summed E-state index contributed by atoms with van der Waals surface area (Å²) in [6.07, 6.45) is 0.973. The van der Waals surface area contributed by atoms with Gasteiger partial charge in [0, 0.05) is 28.6 Å². The summed E-state index contributed by atoms with van der Waals surface area (Å²) < 4.78 is 7.07. The SMILES string of the molecule is CCc1ccc(-c2nnn(CC(=O)c3cc(C)n(-c4cc(C)on4)c3C)n2)cc1. The molecular formula is C21H22N6O2. The Morgan fingerprint density at radius 2 is 1.86 bits per heavy atom. The number of rotatable bonds is 6. The van der Waals surface area contributed by atoms with Gasteiger partial charge < -0.3 is 4.52 Å². The Labute approximate surface area is 168 Å². The molecule has 0 saturated carbocycles. The van der Waals surface area contributed by atoms with Gasteiger partial charge in [0.25, 0.3) is 0 Å². The zero-order valence-electron chi connectivity index (χ0n) is 16.9. The summed E-state index contributed by atoms with van der Waals surface area (Å²) in [6.45, 7) is 7.78. The van der Waals surface area contributed by atoms with Crippen LogP contribution in [0.4, 0.5) is 0 Å². The highest BCUT2D eigenvalue weighted by molar-refractivity contribution is 5.97. The lowest BCUT2D eigenvalue weighted by atomic mass is 10.1. The topological polar surface area (TPSA) is 91.6 Å². The monoisotopic (exact) mass is 390 g/mol. The highest BCUT2D eigenvalue weighted by Gasteiger charge is 2.19. The minimum atomic E-state index is -0.0881. The van der Waals surface area contributed by atoms with E-state index in [1.807, 2.05) is 61.7 Å². The molecule has 0 radical (unpaired) electrons. The number of Topliss-reactive ketones (excluding diaryl/α,β-unsaturated/α-hetero) is 1. The van der Waals surface area contributed by atoms with Crippen LogP contribution in [0.15, 0.2) is 40.9 Å². The molecule has 4 aromatic rings. The first kappa shape index (κ1) is 18.8. The fraction of sp³-hybridized carbons (Fsp3) is 0.286. The molecule has 148 valence electrons. The van der Waals surface area contributed by atoms with Crippen molar-refractivity contribution in [2.45, 2.75) is 40.7 Å². The van der Waals surface area contributed by atoms with Gasteiger partial charge >= 0.3 is 0 Å². The molecule has 8 nitrogen and oxygen atoms in total. The van der Waals surface area contributed by atoms with Gasteiger partial charge in [0.1, 0.15) is 12.3 Å². The van der Waals surface area contributed by atoms with Crippen LogP contribution in [0, 0.1) is 20.8 Å². The summed E-state index contributed by atoms with van der Waals surface area (Å²) in [5.41, 5.74) is 4.43. The van der Waals surface area contributed by atoms with Crippen molar-refractivity contribution in [1.29, 1.82) is 0 Å². The molecule has 0 saturated heterocycles. The van der Waals surface area contributed by atoms with Crippen molar-refractivity contribution in [3.05, 3.63) is 64.7 Å². The van der Waals surface area contributed by atoms with Crippen molar-refractivity contribution in [2.24, 2.45) is 0 Å². The van der Waals surface area contributed by atoms with Crippen LogP contribution in [-0.4, -0.2) is 35.7 Å². The minimum absolute atomic E-state index is 0.0161. The lowest BCUT2D eigenvalue weighted by Crippen LogP contribution is -2.14. The van der Waals surface area contributed by atoms with E-state index < -0.39 is 0 Å². The molecule has 0 spiro atoms. The summed E-state index contributed by atoms with van der Waals surface area (Å²) in [4.78, 5) is 14.2. The molecule has 0 aliphatic carbocycles. The molecule has 0 fully saturated rings. The summed E-state index contributed by atoms with van der Waals surface area (Å²) in [6, 6.07) is 11.7. The van der Waals surface area contributed by atoms with Crippen LogP contribution in [0.2, 0.25) is 0 Å². The van der Waals surface area contributed by atoms with Crippen LogP contribution in [0.3, 0.4) is 0 Å². The average Bonchev–Trinajstić information content (AvgIpc) is 3.41. The smallest absolute Gasteiger partial charge is 0.204 e. The van der Waals surface area contributed by atoms with E-state index in [9.17, 15) is 4.79 Å². The lowest BCUT2D eigenvalue weighted by Gasteiger charge is -2.05. The van der Waals surface area contributed by atoms with Crippen LogP contribution in [0.1, 0.15) is 40.0 Å². The molecule has 0 unspecified atom stereocenters. The van der Waals surface area contributed by atoms with Gasteiger partial charge in [-0.25, -0.2) is 0 Å². The molecular weight excluding hydrogens is 368 g/mol. The number of carbonyl (C=O) groups is 1. The van der Waals surface area contributed by atoms with Crippen molar-refractivity contribution in [3.63, 3.8) is 0 Å². The number of nitrogens with zero attached hydrogens (tertiary/aromatic N) is 6. The summed E-state index contributed by atoms with van der Waals surface area (Å²) in [5, 5.41) is 16.5. The van der Waals surface area contributed by atoms with E-state index in [1.165, 1.54) is 10.4 Å². The highest BCUT2D eigenvalue weighted by Crippen LogP contribution is 2.21. The molecule has 3 heterocycles. The van der Waals surface area contributed by atoms with Crippen LogP contribution in [0.25, 0.3) is 17.2 Å². The number of benzene rings is 1. The molecule has 1 aromatic carbocycles. The molecule has 4 rings (SSSR count). The zero-order chi connectivity index (χ0) is 20.5. The van der Waals surface area contributed by atoms with Gasteiger partial charge in [0.2, 0.25) is 5.82 Å². The van der Waals surface area contributed by atoms with E-state index in [-0.39, 0.29) is 12.3 Å². The molecule has 0 bridgehead atoms. The Morgan fingerprint density at radius 1 is 1.10 bits per heavy atom. The fourth-order valence-corrected chi connectivity index (χ4v) is 3.39. The van der Waals surface area contributed by atoms with Crippen LogP contribution < -0.4 is 0 Å². The van der Waals surface area contributed by atoms with E-state index in [4.69, 9.17) is 4.52 Å². The van der Waals surface area contributed by atoms with E-state index >= 15 is 0 Å². The van der Waals surface area contributed by atoms with Gasteiger partial charge in [0.15, 0.2) is 11.6 Å². The quantitative estimate of drug-likeness (QED) is 0.468. The molecule has 0 amide bonds. The van der Waals surface area contributed by atoms with Crippen LogP contribution >= 0.6 is 0 Å². The maximum absolute atomic E-state index is 12.9. The number of aryl methyl sites for hydroxylation is 3. The summed E-state index contributed by atoms with van der Waals surface area (Å²) >= 11 is 0. The maximum Gasteiger partial charge on any atom is 0.204 e. The van der Waals surface area contributed by atoms with Gasteiger partial charge in [-0.15, -0.1) is 10.2 Å². The van der Waals surface area contributed by atoms with Crippen molar-refractivity contribution in [2.75, 3.05) is 0 Å². The zero-order valence-corrected chi connectivity index (χ0v) is 16.9. The van der Waals surface area contributed by atoms with Crippen molar-refractivity contribution < 1.29 is 9.32 Å². The number of aromatic nitrogens is 6. The Balaban J connectivity index is 1.55. The van der Waals surface area contributed by atoms with Crippen molar-refractivity contribution in [3.8, 4) is 17.2 Å². The Morgan fingerprint density at radius 3 is 2.52 bits per heavy atom. The van der Waals surface area contributed by atoms with E-state index in [0.717, 1.165) is 23.4 Å².